The molecule has 0 aromatic heterocycles. The van der Waals surface area contributed by atoms with Gasteiger partial charge in [0.05, 0.1) is 19.3 Å². The number of aliphatic hydroxyl groups excluding tert-OH is 1. The van der Waals surface area contributed by atoms with Crippen molar-refractivity contribution in [2.24, 2.45) is 0 Å². The number of aliphatic hydroxyl groups is 1. The van der Waals surface area contributed by atoms with Crippen molar-refractivity contribution in [3.63, 3.8) is 0 Å². The summed E-state index contributed by atoms with van der Waals surface area (Å²) in [6, 6.07) is 14.0. The monoisotopic (exact) mass is 272 g/mol. The van der Waals surface area contributed by atoms with E-state index in [1.807, 2.05) is 30.3 Å². The molecule has 1 saturated heterocycles. The van der Waals surface area contributed by atoms with Crippen molar-refractivity contribution in [1.82, 2.24) is 0 Å². The molecule has 20 heavy (non-hydrogen) atoms. The predicted octanol–water partition coefficient (Wildman–Crippen LogP) is 1.80. The molecule has 3 nitrogen and oxygen atoms in total. The van der Waals surface area contributed by atoms with Gasteiger partial charge in [-0.2, -0.15) is 0 Å². The van der Waals surface area contributed by atoms with Crippen LogP contribution in [0.25, 0.3) is 0 Å². The van der Waals surface area contributed by atoms with Gasteiger partial charge in [-0.15, -0.1) is 0 Å². The van der Waals surface area contributed by atoms with E-state index < -0.39 is 7.12 Å². The van der Waals surface area contributed by atoms with Gasteiger partial charge in [0.25, 0.3) is 0 Å². The Labute approximate surface area is 117 Å². The molecule has 2 aromatic rings. The van der Waals surface area contributed by atoms with Crippen molar-refractivity contribution in [2.45, 2.75) is 12.7 Å². The molecule has 1 atom stereocenters. The summed E-state index contributed by atoms with van der Waals surface area (Å²) >= 11 is 0. The highest BCUT2D eigenvalue weighted by Crippen LogP contribution is 2.24. The van der Waals surface area contributed by atoms with Crippen LogP contribution < -0.4 is 5.46 Å². The van der Waals surface area contributed by atoms with Gasteiger partial charge < -0.3 is 14.4 Å². The number of hydrogen-bond acceptors (Lipinski definition) is 3. The van der Waals surface area contributed by atoms with Crippen LogP contribution in [-0.2, 0) is 15.9 Å². The Hall–Kier alpha value is -1.69. The van der Waals surface area contributed by atoms with Crippen molar-refractivity contribution in [2.75, 3.05) is 6.61 Å². The van der Waals surface area contributed by atoms with Gasteiger partial charge in [0.1, 0.15) is 5.82 Å². The van der Waals surface area contributed by atoms with Gasteiger partial charge in [-0.1, -0.05) is 36.4 Å². The lowest BCUT2D eigenvalue weighted by Crippen LogP contribution is -2.35. The van der Waals surface area contributed by atoms with E-state index in [0.29, 0.717) is 17.6 Å². The van der Waals surface area contributed by atoms with E-state index in [2.05, 4.69) is 0 Å². The highest BCUT2D eigenvalue weighted by molar-refractivity contribution is 6.62. The van der Waals surface area contributed by atoms with Crippen LogP contribution in [0.5, 0.6) is 0 Å². The Morgan fingerprint density at radius 3 is 2.75 bits per heavy atom. The first kappa shape index (κ1) is 13.3. The summed E-state index contributed by atoms with van der Waals surface area (Å²) in [6.07, 6.45) is -0.141. The lowest BCUT2D eigenvalue weighted by molar-refractivity contribution is 0.241. The standard InChI is InChI=1S/C15H14BFO3/c17-13-6-7-14(12(8-13)9-18)16-19-10-15(20-16)11-4-2-1-3-5-11/h1-8,15,18H,9-10H2. The van der Waals surface area contributed by atoms with Gasteiger partial charge >= 0.3 is 7.12 Å². The molecular weight excluding hydrogens is 258 g/mol. The Balaban J connectivity index is 1.81. The molecule has 0 bridgehead atoms. The minimum atomic E-state index is -0.567. The Kier molecular flexibility index (Phi) is 3.82. The summed E-state index contributed by atoms with van der Waals surface area (Å²) in [5.41, 5.74) is 2.21. The summed E-state index contributed by atoms with van der Waals surface area (Å²) in [4.78, 5) is 0. The first-order chi connectivity index (χ1) is 9.78. The molecule has 0 amide bonds. The van der Waals surface area contributed by atoms with E-state index in [1.165, 1.54) is 12.1 Å². The van der Waals surface area contributed by atoms with Gasteiger partial charge in [0.15, 0.2) is 0 Å². The summed E-state index contributed by atoms with van der Waals surface area (Å²) in [7, 11) is -0.567. The van der Waals surface area contributed by atoms with Crippen molar-refractivity contribution in [3.05, 3.63) is 65.5 Å². The van der Waals surface area contributed by atoms with Gasteiger partial charge in [0.2, 0.25) is 0 Å². The minimum absolute atomic E-state index is 0.141. The Morgan fingerprint density at radius 1 is 1.20 bits per heavy atom. The number of benzene rings is 2. The van der Waals surface area contributed by atoms with Crippen molar-refractivity contribution >= 4 is 12.6 Å². The maximum Gasteiger partial charge on any atom is 0.494 e. The second-order valence-electron chi connectivity index (χ2n) is 4.70. The van der Waals surface area contributed by atoms with Crippen molar-refractivity contribution in [1.29, 1.82) is 0 Å². The van der Waals surface area contributed by atoms with Crippen LogP contribution in [0.15, 0.2) is 48.5 Å². The second-order valence-corrected chi connectivity index (χ2v) is 4.70. The quantitative estimate of drug-likeness (QED) is 0.866. The first-order valence-electron chi connectivity index (χ1n) is 6.49. The smallest absolute Gasteiger partial charge is 0.404 e. The summed E-state index contributed by atoms with van der Waals surface area (Å²) in [5, 5.41) is 9.31. The molecule has 0 radical (unpaired) electrons. The average molecular weight is 272 g/mol. The van der Waals surface area contributed by atoms with Crippen molar-refractivity contribution in [3.8, 4) is 0 Å². The molecule has 0 spiro atoms. The normalized spacial score (nSPS) is 18.5. The fourth-order valence-electron chi connectivity index (χ4n) is 2.35. The van der Waals surface area contributed by atoms with Crippen molar-refractivity contribution < 1.29 is 18.8 Å². The predicted molar refractivity (Wildman–Crippen MR) is 73.9 cm³/mol. The molecule has 1 heterocycles. The zero-order valence-electron chi connectivity index (χ0n) is 10.8. The highest BCUT2D eigenvalue weighted by atomic mass is 19.1. The zero-order chi connectivity index (χ0) is 13.9. The van der Waals surface area contributed by atoms with Crippen LogP contribution in [0.2, 0.25) is 0 Å². The van der Waals surface area contributed by atoms with E-state index in [4.69, 9.17) is 9.31 Å². The molecule has 1 unspecified atom stereocenters. The lowest BCUT2D eigenvalue weighted by Gasteiger charge is -2.12. The maximum absolute atomic E-state index is 13.2. The van der Waals surface area contributed by atoms with E-state index in [9.17, 15) is 9.50 Å². The van der Waals surface area contributed by atoms with Gasteiger partial charge in [0, 0.05) is 0 Å². The summed E-state index contributed by atoms with van der Waals surface area (Å²) in [5.74, 6) is -0.379. The van der Waals surface area contributed by atoms with E-state index in [1.54, 1.807) is 6.07 Å². The maximum atomic E-state index is 13.2. The van der Waals surface area contributed by atoms with Crippen LogP contribution in [-0.4, -0.2) is 18.8 Å². The second kappa shape index (κ2) is 5.75. The molecule has 1 fully saturated rings. The third kappa shape index (κ3) is 2.61. The van der Waals surface area contributed by atoms with E-state index in [0.717, 1.165) is 5.56 Å². The summed E-state index contributed by atoms with van der Waals surface area (Å²) < 4.78 is 24.7. The zero-order valence-corrected chi connectivity index (χ0v) is 10.8. The van der Waals surface area contributed by atoms with Crippen LogP contribution in [0.1, 0.15) is 17.2 Å². The highest BCUT2D eigenvalue weighted by Gasteiger charge is 2.35. The molecule has 2 aromatic carbocycles. The fraction of sp³-hybridized carbons (Fsp3) is 0.200. The molecule has 3 rings (SSSR count). The largest absolute Gasteiger partial charge is 0.494 e. The van der Waals surface area contributed by atoms with Gasteiger partial charge in [-0.05, 0) is 28.7 Å². The number of rotatable bonds is 3. The third-order valence-corrected chi connectivity index (χ3v) is 3.39. The summed E-state index contributed by atoms with van der Waals surface area (Å²) in [6.45, 7) is 0.198. The topological polar surface area (TPSA) is 38.7 Å². The van der Waals surface area contributed by atoms with E-state index >= 15 is 0 Å². The molecule has 0 saturated carbocycles. The lowest BCUT2D eigenvalue weighted by atomic mass is 9.76. The fourth-order valence-corrected chi connectivity index (χ4v) is 2.35. The molecule has 1 aliphatic heterocycles. The number of hydrogen-bond donors (Lipinski definition) is 1. The number of halogens is 1. The first-order valence-corrected chi connectivity index (χ1v) is 6.49. The van der Waals surface area contributed by atoms with Gasteiger partial charge in [-0.25, -0.2) is 4.39 Å². The third-order valence-electron chi connectivity index (χ3n) is 3.39. The Bertz CT molecular complexity index is 591. The average Bonchev–Trinajstić information content (AvgIpc) is 2.97. The van der Waals surface area contributed by atoms with Crippen LogP contribution in [0.3, 0.4) is 0 Å². The molecule has 1 N–H and O–H groups in total. The SMILES string of the molecule is OCc1cc(F)ccc1B1OCC(c2ccccc2)O1. The Morgan fingerprint density at radius 2 is 2.00 bits per heavy atom. The minimum Gasteiger partial charge on any atom is -0.404 e. The molecule has 1 aliphatic rings. The van der Waals surface area contributed by atoms with Crippen LogP contribution >= 0.6 is 0 Å². The molecule has 0 aliphatic carbocycles. The molecule has 5 heteroatoms. The molecule has 102 valence electrons. The van der Waals surface area contributed by atoms with E-state index in [-0.39, 0.29) is 18.5 Å². The van der Waals surface area contributed by atoms with Crippen LogP contribution in [0.4, 0.5) is 4.39 Å². The van der Waals surface area contributed by atoms with Crippen LogP contribution in [0, 0.1) is 5.82 Å². The molecular formula is C15H14BFO3. The van der Waals surface area contributed by atoms with Gasteiger partial charge in [-0.3, -0.25) is 0 Å².